The molecule has 0 amide bonds. The van der Waals surface area contributed by atoms with Crippen LogP contribution >= 0.6 is 0 Å². The molecule has 0 aromatic carbocycles. The topological polar surface area (TPSA) is 113 Å². The first-order chi connectivity index (χ1) is 12.9. The first-order valence-electron chi connectivity index (χ1n) is 10.1. The fraction of sp³-hybridized carbons (Fsp3) is 0.800. The molecule has 1 rings (SSSR count). The number of rotatable bonds is 15. The number of Topliss-reactive ketones (excluding diaryl/α,β-unsaturated/α-hetero) is 1. The molecule has 0 aromatic heterocycles. The van der Waals surface area contributed by atoms with Crippen LogP contribution in [0.3, 0.4) is 0 Å². The van der Waals surface area contributed by atoms with Crippen molar-refractivity contribution in [2.45, 2.75) is 96.4 Å². The molecule has 27 heavy (non-hydrogen) atoms. The Balaban J connectivity index is 2.31. The molecule has 0 aliphatic carbocycles. The van der Waals surface area contributed by atoms with Gasteiger partial charge in [-0.15, -0.1) is 0 Å². The highest BCUT2D eigenvalue weighted by molar-refractivity contribution is 5.89. The Labute approximate surface area is 161 Å². The van der Waals surface area contributed by atoms with E-state index in [1.54, 1.807) is 6.92 Å². The predicted octanol–water partition coefficient (Wildman–Crippen LogP) is 2.93. The van der Waals surface area contributed by atoms with Gasteiger partial charge in [0.2, 0.25) is 5.76 Å². The van der Waals surface area contributed by atoms with Gasteiger partial charge < -0.3 is 24.8 Å². The molecule has 3 atom stereocenters. The van der Waals surface area contributed by atoms with Crippen LogP contribution in [0.1, 0.15) is 78.1 Å². The average molecular weight is 386 g/mol. The van der Waals surface area contributed by atoms with Gasteiger partial charge >= 0.3 is 5.97 Å². The molecule has 1 unspecified atom stereocenters. The summed E-state index contributed by atoms with van der Waals surface area (Å²) in [5.74, 6) is -2.53. The number of ketones is 1. The van der Waals surface area contributed by atoms with E-state index in [9.17, 15) is 24.9 Å². The van der Waals surface area contributed by atoms with Crippen molar-refractivity contribution in [3.63, 3.8) is 0 Å². The van der Waals surface area contributed by atoms with E-state index in [0.717, 1.165) is 19.3 Å². The lowest BCUT2D eigenvalue weighted by molar-refractivity contribution is -0.155. The molecule has 1 aliphatic rings. The molecule has 0 radical (unpaired) electrons. The van der Waals surface area contributed by atoms with Gasteiger partial charge in [0.05, 0.1) is 6.61 Å². The molecule has 0 aromatic rings. The summed E-state index contributed by atoms with van der Waals surface area (Å²) in [6.07, 6.45) is 5.37. The van der Waals surface area contributed by atoms with Gasteiger partial charge in [0.25, 0.3) is 0 Å². The fourth-order valence-corrected chi connectivity index (χ4v) is 3.10. The van der Waals surface area contributed by atoms with Crippen LogP contribution in [0.15, 0.2) is 11.5 Å². The molecule has 0 bridgehead atoms. The highest BCUT2D eigenvalue weighted by atomic mass is 16.6. The first-order valence-corrected chi connectivity index (χ1v) is 10.1. The largest absolute Gasteiger partial charge is 0.499 e. The fourth-order valence-electron chi connectivity index (χ4n) is 3.10. The van der Waals surface area contributed by atoms with Crippen molar-refractivity contribution in [2.24, 2.45) is 0 Å². The maximum Gasteiger partial charge on any atom is 0.378 e. The Kier molecular flexibility index (Phi) is 11.0. The summed E-state index contributed by atoms with van der Waals surface area (Å²) in [7, 11) is 0. The van der Waals surface area contributed by atoms with Crippen LogP contribution in [-0.4, -0.2) is 52.0 Å². The monoisotopic (exact) mass is 386 g/mol. The van der Waals surface area contributed by atoms with Gasteiger partial charge in [-0.3, -0.25) is 4.79 Å². The molecule has 0 fully saturated rings. The van der Waals surface area contributed by atoms with Crippen molar-refractivity contribution < 1.29 is 34.4 Å². The average Bonchev–Trinajstić information content (AvgIpc) is 2.94. The summed E-state index contributed by atoms with van der Waals surface area (Å²) < 4.78 is 9.93. The quantitative estimate of drug-likeness (QED) is 0.293. The molecule has 0 saturated carbocycles. The van der Waals surface area contributed by atoms with Crippen molar-refractivity contribution in [2.75, 3.05) is 6.61 Å². The molecule has 1 heterocycles. The second kappa shape index (κ2) is 12.7. The number of ether oxygens (including phenoxy) is 2. The molecule has 7 heteroatoms. The third-order valence-corrected chi connectivity index (χ3v) is 4.71. The van der Waals surface area contributed by atoms with Crippen LogP contribution < -0.4 is 0 Å². The van der Waals surface area contributed by atoms with Gasteiger partial charge in [0.1, 0.15) is 12.2 Å². The van der Waals surface area contributed by atoms with Crippen LogP contribution in [-0.2, 0) is 19.1 Å². The van der Waals surface area contributed by atoms with Gasteiger partial charge in [0.15, 0.2) is 17.6 Å². The molecule has 156 valence electrons. The zero-order chi connectivity index (χ0) is 20.2. The summed E-state index contributed by atoms with van der Waals surface area (Å²) in [6, 6.07) is 0. The summed E-state index contributed by atoms with van der Waals surface area (Å²) in [5, 5.41) is 29.9. The van der Waals surface area contributed by atoms with Gasteiger partial charge in [-0.05, 0) is 13.3 Å². The second-order valence-electron chi connectivity index (χ2n) is 6.95. The maximum atomic E-state index is 12.1. The van der Waals surface area contributed by atoms with Crippen LogP contribution in [0.4, 0.5) is 0 Å². The van der Waals surface area contributed by atoms with Crippen LogP contribution in [0.5, 0.6) is 0 Å². The molecule has 7 nitrogen and oxygen atoms in total. The minimum absolute atomic E-state index is 0.141. The molecule has 1 aliphatic heterocycles. The Morgan fingerprint density at radius 3 is 2.15 bits per heavy atom. The van der Waals surface area contributed by atoms with Gasteiger partial charge in [-0.25, -0.2) is 4.79 Å². The van der Waals surface area contributed by atoms with E-state index < -0.39 is 35.8 Å². The molecular formula is C20H34O7. The molecule has 3 N–H and O–H groups in total. The van der Waals surface area contributed by atoms with Crippen molar-refractivity contribution in [3.8, 4) is 0 Å². The van der Waals surface area contributed by atoms with E-state index in [2.05, 4.69) is 6.92 Å². The number of hydrogen-bond donors (Lipinski definition) is 3. The number of hydrogen-bond acceptors (Lipinski definition) is 7. The lowest BCUT2D eigenvalue weighted by atomic mass is 9.98. The second-order valence-corrected chi connectivity index (χ2v) is 6.95. The van der Waals surface area contributed by atoms with Crippen LogP contribution in [0.25, 0.3) is 0 Å². The van der Waals surface area contributed by atoms with E-state index in [-0.39, 0.29) is 18.8 Å². The Bertz CT molecular complexity index is 501. The standard InChI is InChI=1S/C20H34O7/c1-3-5-6-7-8-9-10-11-12-13-14(21)15(22)16(23)19-18(26-4-2)17(24)20(25)27-19/h15-16,19,22-24H,3-13H2,1-2H3/t15?,16-,19+/m0/s1. The highest BCUT2D eigenvalue weighted by Crippen LogP contribution is 2.26. The summed E-state index contributed by atoms with van der Waals surface area (Å²) in [4.78, 5) is 23.5. The van der Waals surface area contributed by atoms with E-state index in [0.29, 0.717) is 6.42 Å². The number of carbonyl (C=O) groups is 2. The van der Waals surface area contributed by atoms with Crippen molar-refractivity contribution >= 4 is 11.8 Å². The summed E-state index contributed by atoms with van der Waals surface area (Å²) >= 11 is 0. The van der Waals surface area contributed by atoms with E-state index >= 15 is 0 Å². The third kappa shape index (κ3) is 7.50. The smallest absolute Gasteiger partial charge is 0.378 e. The minimum Gasteiger partial charge on any atom is -0.499 e. The number of esters is 1. The lowest BCUT2D eigenvalue weighted by Gasteiger charge is -2.23. The van der Waals surface area contributed by atoms with Gasteiger partial charge in [0, 0.05) is 6.42 Å². The van der Waals surface area contributed by atoms with Crippen LogP contribution in [0.2, 0.25) is 0 Å². The SMILES string of the molecule is CCCCCCCCCCCC(=O)C(O)[C@H](O)[C@H]1OC(=O)C(O)=C1OCC. The maximum absolute atomic E-state index is 12.1. The predicted molar refractivity (Wildman–Crippen MR) is 100 cm³/mol. The number of aliphatic hydroxyl groups is 3. The van der Waals surface area contributed by atoms with Crippen molar-refractivity contribution in [1.29, 1.82) is 0 Å². The zero-order valence-electron chi connectivity index (χ0n) is 16.5. The van der Waals surface area contributed by atoms with E-state index in [1.165, 1.54) is 32.1 Å². The number of carbonyl (C=O) groups excluding carboxylic acids is 2. The van der Waals surface area contributed by atoms with Crippen LogP contribution in [0, 0.1) is 0 Å². The van der Waals surface area contributed by atoms with E-state index in [4.69, 9.17) is 9.47 Å². The lowest BCUT2D eigenvalue weighted by Crippen LogP contribution is -2.43. The number of aliphatic hydroxyl groups excluding tert-OH is 3. The molecular weight excluding hydrogens is 352 g/mol. The molecule has 0 spiro atoms. The Morgan fingerprint density at radius 1 is 1.04 bits per heavy atom. The summed E-state index contributed by atoms with van der Waals surface area (Å²) in [5.41, 5.74) is 0. The van der Waals surface area contributed by atoms with Crippen molar-refractivity contribution in [1.82, 2.24) is 0 Å². The minimum atomic E-state index is -1.70. The van der Waals surface area contributed by atoms with E-state index in [1.807, 2.05) is 0 Å². The number of unbranched alkanes of at least 4 members (excludes halogenated alkanes) is 8. The third-order valence-electron chi connectivity index (χ3n) is 4.71. The number of cyclic esters (lactones) is 1. The molecule has 0 saturated heterocycles. The summed E-state index contributed by atoms with van der Waals surface area (Å²) in [6.45, 7) is 3.97. The van der Waals surface area contributed by atoms with Gasteiger partial charge in [-0.2, -0.15) is 0 Å². The Hall–Kier alpha value is -1.60. The Morgan fingerprint density at radius 2 is 1.59 bits per heavy atom. The van der Waals surface area contributed by atoms with Gasteiger partial charge in [-0.1, -0.05) is 58.3 Å². The van der Waals surface area contributed by atoms with Crippen molar-refractivity contribution in [3.05, 3.63) is 11.5 Å². The first kappa shape index (κ1) is 23.4. The normalized spacial score (nSPS) is 19.1. The highest BCUT2D eigenvalue weighted by Gasteiger charge is 2.44. The zero-order valence-corrected chi connectivity index (χ0v) is 16.5.